The van der Waals surface area contributed by atoms with Crippen LogP contribution >= 0.6 is 23.7 Å². The van der Waals surface area contributed by atoms with Gasteiger partial charge in [-0.15, -0.1) is 23.7 Å². The molecule has 3 heterocycles. The normalized spacial score (nSPS) is 20.9. The molecule has 1 atom stereocenters. The molecular weight excluding hydrogens is 399 g/mol. The van der Waals surface area contributed by atoms with E-state index < -0.39 is 0 Å². The van der Waals surface area contributed by atoms with E-state index in [0.717, 1.165) is 55.5 Å². The van der Waals surface area contributed by atoms with Crippen LogP contribution in [0.4, 0.5) is 4.39 Å². The smallest absolute Gasteiger partial charge is 0.170 e. The topological polar surface area (TPSA) is 46.3 Å². The summed E-state index contributed by atoms with van der Waals surface area (Å²) >= 11 is 1.71. The van der Waals surface area contributed by atoms with Gasteiger partial charge in [-0.25, -0.2) is 4.39 Å². The lowest BCUT2D eigenvalue weighted by Gasteiger charge is -2.34. The van der Waals surface area contributed by atoms with Crippen LogP contribution in [-0.2, 0) is 6.42 Å². The van der Waals surface area contributed by atoms with Gasteiger partial charge in [0.25, 0.3) is 0 Å². The van der Waals surface area contributed by atoms with Crippen LogP contribution in [0.15, 0.2) is 34.2 Å². The number of carbonyl (C=O) groups is 1. The van der Waals surface area contributed by atoms with Crippen molar-refractivity contribution < 1.29 is 13.7 Å². The Morgan fingerprint density at radius 1 is 1.21 bits per heavy atom. The van der Waals surface area contributed by atoms with E-state index in [1.54, 1.807) is 17.4 Å². The first-order valence-electron chi connectivity index (χ1n) is 9.54. The number of piperidine rings is 1. The largest absolute Gasteiger partial charge is 0.356 e. The average molecular weight is 421 g/mol. The molecule has 148 valence electrons. The molecule has 0 spiro atoms. The molecule has 0 N–H and O–H groups in total. The molecule has 28 heavy (non-hydrogen) atoms. The molecule has 1 aliphatic carbocycles. The number of hydrogen-bond donors (Lipinski definition) is 0. The second kappa shape index (κ2) is 7.93. The van der Waals surface area contributed by atoms with Gasteiger partial charge in [0.05, 0.1) is 5.69 Å². The van der Waals surface area contributed by atoms with E-state index in [0.29, 0.717) is 29.6 Å². The number of rotatable bonds is 3. The summed E-state index contributed by atoms with van der Waals surface area (Å²) in [6.45, 7) is 2.99. The monoisotopic (exact) mass is 420 g/mol. The van der Waals surface area contributed by atoms with Gasteiger partial charge >= 0.3 is 0 Å². The predicted molar refractivity (Wildman–Crippen MR) is 110 cm³/mol. The Morgan fingerprint density at radius 3 is 2.86 bits per heavy atom. The van der Waals surface area contributed by atoms with Crippen LogP contribution in [0.1, 0.15) is 46.1 Å². The zero-order valence-electron chi connectivity index (χ0n) is 15.4. The van der Waals surface area contributed by atoms with E-state index in [2.05, 4.69) is 10.1 Å². The van der Waals surface area contributed by atoms with Gasteiger partial charge in [-0.05, 0) is 61.8 Å². The number of aromatic nitrogens is 1. The number of ketones is 1. The third-order valence-corrected chi connectivity index (χ3v) is 6.89. The SMILES string of the molecule is Cl.O=C1CC(CN2CCC(c3noc4cc(F)ccc34)CC2)Cc2sccc21. The van der Waals surface area contributed by atoms with Gasteiger partial charge in [0, 0.05) is 40.8 Å². The number of halogens is 2. The molecule has 7 heteroatoms. The highest BCUT2D eigenvalue weighted by molar-refractivity contribution is 7.10. The predicted octanol–water partition coefficient (Wildman–Crippen LogP) is 5.07. The molecule has 0 radical (unpaired) electrons. The maximum atomic E-state index is 13.3. The molecule has 0 amide bonds. The van der Waals surface area contributed by atoms with E-state index in [1.165, 1.54) is 17.0 Å². The summed E-state index contributed by atoms with van der Waals surface area (Å²) in [5, 5.41) is 7.19. The van der Waals surface area contributed by atoms with Crippen molar-refractivity contribution in [1.29, 1.82) is 0 Å². The fourth-order valence-corrected chi connectivity index (χ4v) is 5.57. The van der Waals surface area contributed by atoms with Crippen LogP contribution in [0.2, 0.25) is 0 Å². The molecule has 2 aromatic heterocycles. The Bertz CT molecular complexity index is 993. The third-order valence-electron chi connectivity index (χ3n) is 5.95. The van der Waals surface area contributed by atoms with Gasteiger partial charge in [0.15, 0.2) is 11.4 Å². The van der Waals surface area contributed by atoms with Gasteiger partial charge in [-0.2, -0.15) is 0 Å². The molecule has 0 bridgehead atoms. The standard InChI is InChI=1S/C21H21FN2O2S.ClH/c22-15-1-2-17-19(11-15)26-23-21(17)14-3-6-24(7-4-14)12-13-9-18(25)16-5-8-27-20(16)10-13;/h1-2,5,8,11,13-14H,3-4,6-7,9-10,12H2;1H. The maximum absolute atomic E-state index is 13.3. The van der Waals surface area contributed by atoms with Crippen molar-refractivity contribution in [2.45, 2.75) is 31.6 Å². The number of hydrogen-bond acceptors (Lipinski definition) is 5. The summed E-state index contributed by atoms with van der Waals surface area (Å²) in [6.07, 6.45) is 3.73. The molecule has 4 nitrogen and oxygen atoms in total. The average Bonchev–Trinajstić information content (AvgIpc) is 3.29. The lowest BCUT2D eigenvalue weighted by Crippen LogP contribution is -2.38. The lowest BCUT2D eigenvalue weighted by atomic mass is 9.86. The highest BCUT2D eigenvalue weighted by atomic mass is 35.5. The summed E-state index contributed by atoms with van der Waals surface area (Å²) in [7, 11) is 0. The van der Waals surface area contributed by atoms with Crippen LogP contribution in [-0.4, -0.2) is 35.5 Å². The van der Waals surface area contributed by atoms with Gasteiger partial charge in [-0.1, -0.05) is 5.16 Å². The molecule has 1 aliphatic heterocycles. The van der Waals surface area contributed by atoms with E-state index >= 15 is 0 Å². The van der Waals surface area contributed by atoms with Crippen molar-refractivity contribution in [3.8, 4) is 0 Å². The van der Waals surface area contributed by atoms with Crippen molar-refractivity contribution in [2.24, 2.45) is 5.92 Å². The minimum atomic E-state index is -0.295. The van der Waals surface area contributed by atoms with Crippen LogP contribution in [0.25, 0.3) is 11.0 Å². The Labute approximate surface area is 173 Å². The van der Waals surface area contributed by atoms with Crippen LogP contribution in [0.5, 0.6) is 0 Å². The van der Waals surface area contributed by atoms with Crippen molar-refractivity contribution in [3.63, 3.8) is 0 Å². The molecule has 1 fully saturated rings. The van der Waals surface area contributed by atoms with E-state index in [4.69, 9.17) is 4.52 Å². The molecule has 3 aromatic rings. The van der Waals surface area contributed by atoms with Crippen molar-refractivity contribution >= 4 is 40.5 Å². The number of likely N-dealkylation sites (tertiary alicyclic amines) is 1. The quantitative estimate of drug-likeness (QED) is 0.593. The zero-order valence-corrected chi connectivity index (χ0v) is 17.0. The molecule has 1 aromatic carbocycles. The van der Waals surface area contributed by atoms with Crippen molar-refractivity contribution in [3.05, 3.63) is 51.6 Å². The van der Waals surface area contributed by atoms with Crippen LogP contribution in [0, 0.1) is 11.7 Å². The number of nitrogens with zero attached hydrogens (tertiary/aromatic N) is 2. The fraction of sp³-hybridized carbons (Fsp3) is 0.429. The summed E-state index contributed by atoms with van der Waals surface area (Å²) in [5.74, 6) is 0.788. The molecule has 1 saturated heterocycles. The van der Waals surface area contributed by atoms with Gasteiger partial charge in [0.1, 0.15) is 5.82 Å². The second-order valence-electron chi connectivity index (χ2n) is 7.74. The van der Waals surface area contributed by atoms with Gasteiger partial charge < -0.3 is 9.42 Å². The van der Waals surface area contributed by atoms with Crippen LogP contribution in [0.3, 0.4) is 0 Å². The molecule has 1 unspecified atom stereocenters. The Kier molecular flexibility index (Phi) is 5.54. The van der Waals surface area contributed by atoms with Crippen molar-refractivity contribution in [1.82, 2.24) is 10.1 Å². The summed E-state index contributed by atoms with van der Waals surface area (Å²) in [6, 6.07) is 6.62. The number of thiophene rings is 1. The number of carbonyl (C=O) groups excluding carboxylic acids is 1. The minimum absolute atomic E-state index is 0. The minimum Gasteiger partial charge on any atom is -0.356 e. The van der Waals surface area contributed by atoms with E-state index in [1.807, 2.05) is 11.4 Å². The van der Waals surface area contributed by atoms with Gasteiger partial charge in [-0.3, -0.25) is 4.79 Å². The van der Waals surface area contributed by atoms with Crippen LogP contribution < -0.4 is 0 Å². The number of Topliss-reactive ketones (excluding diaryl/α,β-unsaturated/α-hetero) is 1. The Morgan fingerprint density at radius 2 is 2.04 bits per heavy atom. The highest BCUT2D eigenvalue weighted by Gasteiger charge is 2.30. The zero-order chi connectivity index (χ0) is 18.4. The summed E-state index contributed by atoms with van der Waals surface area (Å²) in [5.41, 5.74) is 2.44. The summed E-state index contributed by atoms with van der Waals surface area (Å²) < 4.78 is 18.7. The molecular formula is C21H22ClFN2O2S. The number of benzene rings is 1. The molecule has 5 rings (SSSR count). The summed E-state index contributed by atoms with van der Waals surface area (Å²) in [4.78, 5) is 16.0. The van der Waals surface area contributed by atoms with Gasteiger partial charge in [0.2, 0.25) is 0 Å². The van der Waals surface area contributed by atoms with E-state index in [-0.39, 0.29) is 18.2 Å². The molecule has 0 saturated carbocycles. The number of fused-ring (bicyclic) bond motifs is 2. The Balaban J connectivity index is 0.00000192. The second-order valence-corrected chi connectivity index (χ2v) is 8.74. The fourth-order valence-electron chi connectivity index (χ4n) is 4.56. The highest BCUT2D eigenvalue weighted by Crippen LogP contribution is 2.34. The first-order chi connectivity index (χ1) is 13.2. The third kappa shape index (κ3) is 3.61. The lowest BCUT2D eigenvalue weighted by molar-refractivity contribution is 0.0923. The Hall–Kier alpha value is -1.76. The van der Waals surface area contributed by atoms with Crippen molar-refractivity contribution in [2.75, 3.05) is 19.6 Å². The first kappa shape index (κ1) is 19.6. The first-order valence-corrected chi connectivity index (χ1v) is 10.4. The maximum Gasteiger partial charge on any atom is 0.170 e. The van der Waals surface area contributed by atoms with E-state index in [9.17, 15) is 9.18 Å². The molecule has 2 aliphatic rings.